The number of benzene rings is 2. The Hall–Kier alpha value is -2.25. The number of carbonyl (C=O) groups excluding carboxylic acids is 1. The van der Waals surface area contributed by atoms with Crippen LogP contribution in [-0.4, -0.2) is 146 Å². The fourth-order valence-electron chi connectivity index (χ4n) is 7.83. The van der Waals surface area contributed by atoms with Gasteiger partial charge in [-0.2, -0.15) is 33.5 Å². The van der Waals surface area contributed by atoms with Crippen LogP contribution in [0.15, 0.2) is 48.5 Å². The third kappa shape index (κ3) is 10.9. The van der Waals surface area contributed by atoms with Crippen LogP contribution in [0.1, 0.15) is 11.1 Å². The minimum absolute atomic E-state index is 0.200. The number of halogens is 6. The predicted octanol–water partition coefficient (Wildman–Crippen LogP) is 7.59. The summed E-state index contributed by atoms with van der Waals surface area (Å²) in [6.07, 6.45) is 0. The van der Waals surface area contributed by atoms with Gasteiger partial charge >= 0.3 is 0 Å². The van der Waals surface area contributed by atoms with Gasteiger partial charge in [0.25, 0.3) is 0 Å². The molecule has 0 spiro atoms. The van der Waals surface area contributed by atoms with Crippen molar-refractivity contribution in [1.29, 1.82) is 0 Å². The third-order valence-electron chi connectivity index (χ3n) is 11.0. The fourth-order valence-corrected chi connectivity index (χ4v) is 11.2. The zero-order valence-corrected chi connectivity index (χ0v) is 38.7. The fraction of sp³-hybridized carbons (Fsp3) is 0.462. The first-order valence-electron chi connectivity index (χ1n) is 19.7. The Morgan fingerprint density at radius 1 is 0.567 bits per heavy atom. The molecule has 4 aliphatic heterocycles. The topological polar surface area (TPSA) is 112 Å². The van der Waals surface area contributed by atoms with Crippen LogP contribution in [0, 0.1) is 0 Å². The molecule has 0 bridgehead atoms. The van der Waals surface area contributed by atoms with E-state index in [2.05, 4.69) is 50.4 Å². The second kappa shape index (κ2) is 20.5. The number of aromatic nitrogens is 4. The molecule has 4 aromatic rings. The quantitative estimate of drug-likeness (QED) is 0.136. The van der Waals surface area contributed by atoms with E-state index in [9.17, 15) is 4.79 Å². The van der Waals surface area contributed by atoms with Crippen molar-refractivity contribution in [2.24, 2.45) is 0 Å². The smallest absolute Gasteiger partial charge is 0.228 e. The number of carbonyl (C=O) groups is 1. The van der Waals surface area contributed by atoms with Gasteiger partial charge in [0.1, 0.15) is 21.9 Å². The second-order valence-electron chi connectivity index (χ2n) is 14.7. The minimum atomic E-state index is -0.200. The molecule has 2 N–H and O–H groups in total. The Morgan fingerprint density at radius 3 is 1.38 bits per heavy atom. The Balaban J connectivity index is 0.866. The maximum Gasteiger partial charge on any atom is 0.228 e. The molecule has 8 rings (SSSR count). The van der Waals surface area contributed by atoms with Crippen LogP contribution in [0.2, 0.25) is 30.4 Å². The average Bonchev–Trinajstić information content (AvgIpc) is 3.25. The molecule has 4 saturated heterocycles. The Morgan fingerprint density at radius 2 is 0.983 bits per heavy atom. The van der Waals surface area contributed by atoms with E-state index in [0.29, 0.717) is 99.0 Å². The lowest BCUT2D eigenvalue weighted by Crippen LogP contribution is -2.66. The average molecular weight is 974 g/mol. The van der Waals surface area contributed by atoms with Crippen molar-refractivity contribution in [3.05, 3.63) is 90.1 Å². The SMILES string of the molecule is O=C([C@@H]1CSCCN1N1CCN(c2nc(Cl)cc(NCc3ccc(Cl)cc3Cl)n2)CC1)[C@@H]1CSCCN1N1CCN(c2nc(Cl)cc(NCc3ccc(Cl)cc3Cl)n2)CC1. The van der Waals surface area contributed by atoms with Gasteiger partial charge in [-0.15, -0.1) is 0 Å². The molecule has 21 heteroatoms. The summed E-state index contributed by atoms with van der Waals surface area (Å²) in [5, 5.41) is 19.1. The van der Waals surface area contributed by atoms with E-state index in [-0.39, 0.29) is 12.1 Å². The summed E-state index contributed by atoms with van der Waals surface area (Å²) in [4.78, 5) is 37.7. The van der Waals surface area contributed by atoms with Crippen LogP contribution in [0.3, 0.4) is 0 Å². The molecule has 4 aliphatic rings. The van der Waals surface area contributed by atoms with E-state index in [0.717, 1.165) is 73.4 Å². The van der Waals surface area contributed by atoms with Crippen LogP contribution >= 0.6 is 93.1 Å². The molecule has 4 fully saturated rings. The number of thioether (sulfide) groups is 2. The van der Waals surface area contributed by atoms with Crippen molar-refractivity contribution in [2.45, 2.75) is 25.2 Å². The summed E-state index contributed by atoms with van der Waals surface area (Å²) >= 11 is 41.6. The molecular weight excluding hydrogens is 929 g/mol. The van der Waals surface area contributed by atoms with E-state index in [1.807, 2.05) is 47.8 Å². The van der Waals surface area contributed by atoms with Crippen LogP contribution in [0.25, 0.3) is 0 Å². The summed E-state index contributed by atoms with van der Waals surface area (Å²) in [6.45, 7) is 8.38. The monoisotopic (exact) mass is 970 g/mol. The van der Waals surface area contributed by atoms with Crippen molar-refractivity contribution in [3.63, 3.8) is 0 Å². The number of hydrogen-bond acceptors (Lipinski definition) is 15. The van der Waals surface area contributed by atoms with Gasteiger partial charge in [0.05, 0.1) is 12.1 Å². The number of hydrazine groups is 2. The second-order valence-corrected chi connectivity index (χ2v) is 19.5. The summed E-state index contributed by atoms with van der Waals surface area (Å²) in [6, 6.07) is 13.9. The van der Waals surface area contributed by atoms with Crippen molar-refractivity contribution in [2.75, 3.05) is 109 Å². The lowest BCUT2D eigenvalue weighted by molar-refractivity contribution is -0.147. The van der Waals surface area contributed by atoms with E-state index >= 15 is 0 Å². The van der Waals surface area contributed by atoms with Crippen LogP contribution in [0.4, 0.5) is 23.5 Å². The van der Waals surface area contributed by atoms with Crippen molar-refractivity contribution < 1.29 is 4.79 Å². The maximum atomic E-state index is 14.7. The molecular formula is C39H44Cl6N12OS2. The molecule has 0 radical (unpaired) electrons. The maximum absolute atomic E-state index is 14.7. The van der Waals surface area contributed by atoms with Crippen LogP contribution in [-0.2, 0) is 17.9 Å². The largest absolute Gasteiger partial charge is 0.366 e. The Labute approximate surface area is 388 Å². The number of nitrogens with zero attached hydrogens (tertiary/aromatic N) is 10. The van der Waals surface area contributed by atoms with Gasteiger partial charge in [0, 0.05) is 134 Å². The molecule has 60 heavy (non-hydrogen) atoms. The highest BCUT2D eigenvalue weighted by atomic mass is 35.5. The van der Waals surface area contributed by atoms with Crippen molar-refractivity contribution in [1.82, 2.24) is 40.0 Å². The molecule has 320 valence electrons. The molecule has 2 aromatic heterocycles. The number of ketones is 1. The lowest BCUT2D eigenvalue weighted by Gasteiger charge is -2.49. The summed E-state index contributed by atoms with van der Waals surface area (Å²) < 4.78 is 0. The Bertz CT molecular complexity index is 2000. The molecule has 13 nitrogen and oxygen atoms in total. The van der Waals surface area contributed by atoms with Gasteiger partial charge in [-0.3, -0.25) is 4.79 Å². The molecule has 0 unspecified atom stereocenters. The molecule has 0 aliphatic carbocycles. The molecule has 2 aromatic carbocycles. The number of hydrogen-bond donors (Lipinski definition) is 2. The number of anilines is 4. The van der Waals surface area contributed by atoms with E-state index in [4.69, 9.17) is 79.6 Å². The molecule has 6 heterocycles. The zero-order chi connectivity index (χ0) is 41.8. The standard InChI is InChI=1S/C39H44Cl6N12OS2/c40-27-3-1-25(29(42)17-27)21-46-35-19-33(44)48-38(50-35)52-5-9-54(10-6-52)56-13-15-59-23-31(56)37(58)32-24-60-16-14-57(32)55-11-7-53(8-12-55)39-49-34(45)20-36(51-39)47-22-26-2-4-28(41)18-30(26)43/h1-4,17-20,31-32H,5-16,21-24H2,(H,46,48,50)(H,47,49,51)/t31-,32-/m0/s1. The highest BCUT2D eigenvalue weighted by Crippen LogP contribution is 2.30. The number of rotatable bonds is 12. The van der Waals surface area contributed by atoms with Crippen LogP contribution < -0.4 is 20.4 Å². The highest BCUT2D eigenvalue weighted by molar-refractivity contribution is 7.99. The number of nitrogens with one attached hydrogen (secondary N) is 2. The van der Waals surface area contributed by atoms with Crippen LogP contribution in [0.5, 0.6) is 0 Å². The molecule has 0 amide bonds. The first-order chi connectivity index (χ1) is 29.1. The van der Waals surface area contributed by atoms with Crippen molar-refractivity contribution >= 4 is 122 Å². The first-order valence-corrected chi connectivity index (χ1v) is 24.3. The lowest BCUT2D eigenvalue weighted by atomic mass is 10.1. The van der Waals surface area contributed by atoms with Gasteiger partial charge in [0.15, 0.2) is 5.78 Å². The normalized spacial score (nSPS) is 21.3. The predicted molar refractivity (Wildman–Crippen MR) is 250 cm³/mol. The summed E-state index contributed by atoms with van der Waals surface area (Å²) in [7, 11) is 0. The van der Waals surface area contributed by atoms with E-state index in [1.54, 1.807) is 24.3 Å². The Kier molecular flexibility index (Phi) is 15.2. The summed E-state index contributed by atoms with van der Waals surface area (Å²) in [5.41, 5.74) is 1.80. The molecule has 2 atom stereocenters. The van der Waals surface area contributed by atoms with Gasteiger partial charge in [-0.1, -0.05) is 81.7 Å². The highest BCUT2D eigenvalue weighted by Gasteiger charge is 2.42. The van der Waals surface area contributed by atoms with Crippen molar-refractivity contribution in [3.8, 4) is 0 Å². The zero-order valence-electron chi connectivity index (χ0n) is 32.6. The van der Waals surface area contributed by atoms with Gasteiger partial charge in [-0.25, -0.2) is 30.0 Å². The number of Topliss-reactive ketones (excluding diaryl/α,β-unsaturated/α-hetero) is 1. The van der Waals surface area contributed by atoms with E-state index in [1.165, 1.54) is 0 Å². The van der Waals surface area contributed by atoms with E-state index < -0.39 is 0 Å². The number of piperazine rings is 2. The molecule has 0 saturated carbocycles. The van der Waals surface area contributed by atoms with Gasteiger partial charge in [0.2, 0.25) is 11.9 Å². The van der Waals surface area contributed by atoms with Gasteiger partial charge in [-0.05, 0) is 35.4 Å². The third-order valence-corrected chi connectivity index (χ3v) is 14.6. The first kappa shape index (κ1) is 44.4. The van der Waals surface area contributed by atoms with Gasteiger partial charge < -0.3 is 20.4 Å². The summed E-state index contributed by atoms with van der Waals surface area (Å²) in [5.74, 6) is 6.19. The minimum Gasteiger partial charge on any atom is -0.366 e.